The van der Waals surface area contributed by atoms with Gasteiger partial charge in [-0.2, -0.15) is 8.78 Å². The van der Waals surface area contributed by atoms with Gasteiger partial charge in [0, 0.05) is 11.1 Å². The number of anilines is 1. The maximum atomic E-state index is 12.6. The van der Waals surface area contributed by atoms with Crippen LogP contribution in [0, 0.1) is 0 Å². The normalized spacial score (nSPS) is 11.7. The van der Waals surface area contributed by atoms with Crippen LogP contribution >= 0.6 is 11.3 Å². The summed E-state index contributed by atoms with van der Waals surface area (Å²) in [4.78, 5) is 4.36. The molecule has 0 bridgehead atoms. The van der Waals surface area contributed by atoms with E-state index in [1.807, 2.05) is 0 Å². The number of benzene rings is 1. The maximum absolute atomic E-state index is 12.6. The SMILES string of the molecule is O=S(=O)(c1ccccc1NCc1cncs1)C(F)F. The van der Waals surface area contributed by atoms with Crippen molar-refractivity contribution in [1.29, 1.82) is 0 Å². The molecule has 0 saturated heterocycles. The van der Waals surface area contributed by atoms with Gasteiger partial charge in [0.1, 0.15) is 0 Å². The number of hydrogen-bond acceptors (Lipinski definition) is 5. The van der Waals surface area contributed by atoms with Crippen molar-refractivity contribution >= 4 is 26.9 Å². The second-order valence-corrected chi connectivity index (χ2v) is 6.48. The summed E-state index contributed by atoms with van der Waals surface area (Å²) < 4.78 is 48.2. The lowest BCUT2D eigenvalue weighted by Gasteiger charge is -2.11. The molecule has 0 fully saturated rings. The fourth-order valence-corrected chi connectivity index (χ4v) is 2.91. The number of thiazole rings is 1. The monoisotopic (exact) mass is 304 g/mol. The predicted molar refractivity (Wildman–Crippen MR) is 69.1 cm³/mol. The Morgan fingerprint density at radius 3 is 2.68 bits per heavy atom. The first-order chi connectivity index (χ1) is 9.01. The Hall–Kier alpha value is -1.54. The predicted octanol–water partition coefficient (Wildman–Crippen LogP) is 2.75. The third kappa shape index (κ3) is 3.07. The van der Waals surface area contributed by atoms with Crippen molar-refractivity contribution < 1.29 is 17.2 Å². The van der Waals surface area contributed by atoms with Crippen LogP contribution in [-0.2, 0) is 16.4 Å². The van der Waals surface area contributed by atoms with Crippen LogP contribution in [0.15, 0.2) is 40.9 Å². The van der Waals surface area contributed by atoms with Crippen LogP contribution in [0.1, 0.15) is 4.88 Å². The molecule has 0 atom stereocenters. The van der Waals surface area contributed by atoms with Crippen molar-refractivity contribution in [2.45, 2.75) is 17.2 Å². The van der Waals surface area contributed by atoms with E-state index in [0.717, 1.165) is 10.9 Å². The summed E-state index contributed by atoms with van der Waals surface area (Å²) in [7, 11) is -4.61. The summed E-state index contributed by atoms with van der Waals surface area (Å²) in [5.74, 6) is -3.43. The van der Waals surface area contributed by atoms with Gasteiger partial charge in [-0.25, -0.2) is 8.42 Å². The number of aromatic nitrogens is 1. The fraction of sp³-hybridized carbons (Fsp3) is 0.182. The highest BCUT2D eigenvalue weighted by atomic mass is 32.2. The molecule has 0 spiro atoms. The largest absolute Gasteiger partial charge is 0.379 e. The van der Waals surface area contributed by atoms with Crippen molar-refractivity contribution in [2.75, 3.05) is 5.32 Å². The summed E-state index contributed by atoms with van der Waals surface area (Å²) in [6.07, 6.45) is 1.63. The highest BCUT2D eigenvalue weighted by Crippen LogP contribution is 2.26. The molecule has 0 radical (unpaired) electrons. The summed E-state index contributed by atoms with van der Waals surface area (Å²) in [5, 5.41) is 2.83. The van der Waals surface area contributed by atoms with Crippen LogP contribution in [0.2, 0.25) is 0 Å². The maximum Gasteiger partial charge on any atom is 0.341 e. The van der Waals surface area contributed by atoms with Gasteiger partial charge in [-0.3, -0.25) is 4.98 Å². The van der Waals surface area contributed by atoms with Gasteiger partial charge in [-0.1, -0.05) is 12.1 Å². The average molecular weight is 304 g/mol. The van der Waals surface area contributed by atoms with Gasteiger partial charge in [0.25, 0.3) is 0 Å². The zero-order valence-corrected chi connectivity index (χ0v) is 11.2. The van der Waals surface area contributed by atoms with Gasteiger partial charge in [-0.05, 0) is 12.1 Å². The second-order valence-electron chi connectivity index (χ2n) is 3.62. The van der Waals surface area contributed by atoms with E-state index >= 15 is 0 Å². The molecule has 0 aliphatic carbocycles. The van der Waals surface area contributed by atoms with Crippen LogP contribution in [0.25, 0.3) is 0 Å². The van der Waals surface area contributed by atoms with E-state index in [0.29, 0.717) is 6.54 Å². The topological polar surface area (TPSA) is 59.1 Å². The van der Waals surface area contributed by atoms with E-state index in [4.69, 9.17) is 0 Å². The fourth-order valence-electron chi connectivity index (χ4n) is 1.47. The van der Waals surface area contributed by atoms with Gasteiger partial charge < -0.3 is 5.32 Å². The molecule has 1 N–H and O–H groups in total. The molecule has 0 saturated carbocycles. The number of hydrogen-bond donors (Lipinski definition) is 1. The summed E-state index contributed by atoms with van der Waals surface area (Å²) in [5.41, 5.74) is 1.80. The highest BCUT2D eigenvalue weighted by molar-refractivity contribution is 7.91. The minimum Gasteiger partial charge on any atom is -0.379 e. The van der Waals surface area contributed by atoms with E-state index in [1.165, 1.54) is 23.5 Å². The minimum absolute atomic E-state index is 0.163. The number of nitrogens with one attached hydrogen (secondary N) is 1. The molecule has 1 heterocycles. The Balaban J connectivity index is 2.27. The Morgan fingerprint density at radius 1 is 1.32 bits per heavy atom. The van der Waals surface area contributed by atoms with Crippen LogP contribution in [0.4, 0.5) is 14.5 Å². The van der Waals surface area contributed by atoms with Crippen molar-refractivity contribution in [3.63, 3.8) is 0 Å². The summed E-state index contributed by atoms with van der Waals surface area (Å²) >= 11 is 1.39. The second kappa shape index (κ2) is 5.62. The van der Waals surface area contributed by atoms with Gasteiger partial charge in [0.05, 0.1) is 22.6 Å². The Kier molecular flexibility index (Phi) is 4.11. The number of alkyl halides is 2. The number of rotatable bonds is 5. The third-order valence-corrected chi connectivity index (χ3v) is 4.58. The molecule has 0 unspecified atom stereocenters. The smallest absolute Gasteiger partial charge is 0.341 e. The molecule has 4 nitrogen and oxygen atoms in total. The first-order valence-corrected chi connectivity index (χ1v) is 7.66. The van der Waals surface area contributed by atoms with E-state index < -0.39 is 20.5 Å². The number of halogens is 2. The summed E-state index contributed by atoms with van der Waals surface area (Å²) in [6, 6.07) is 5.61. The standard InChI is InChI=1S/C11H10F2N2O2S2/c12-11(13)19(16,17)10-4-2-1-3-9(10)15-6-8-5-14-7-18-8/h1-5,7,11,15H,6H2. The molecular formula is C11H10F2N2O2S2. The molecule has 102 valence electrons. The molecular weight excluding hydrogens is 294 g/mol. The third-order valence-electron chi connectivity index (χ3n) is 2.36. The number of para-hydroxylation sites is 1. The number of sulfone groups is 1. The van der Waals surface area contributed by atoms with Crippen LogP contribution in [0.5, 0.6) is 0 Å². The molecule has 0 aliphatic heterocycles. The highest BCUT2D eigenvalue weighted by Gasteiger charge is 2.28. The molecule has 8 heteroatoms. The van der Waals surface area contributed by atoms with Gasteiger partial charge in [-0.15, -0.1) is 11.3 Å². The molecule has 19 heavy (non-hydrogen) atoms. The quantitative estimate of drug-likeness (QED) is 0.922. The van der Waals surface area contributed by atoms with E-state index in [1.54, 1.807) is 17.8 Å². The van der Waals surface area contributed by atoms with Gasteiger partial charge in [0.2, 0.25) is 9.84 Å². The lowest BCUT2D eigenvalue weighted by molar-refractivity contribution is 0.235. The molecule has 0 aliphatic rings. The van der Waals surface area contributed by atoms with Gasteiger partial charge >= 0.3 is 5.76 Å². The molecule has 2 aromatic rings. The van der Waals surface area contributed by atoms with Gasteiger partial charge in [0.15, 0.2) is 0 Å². The molecule has 1 aromatic heterocycles. The zero-order valence-electron chi connectivity index (χ0n) is 9.58. The Morgan fingerprint density at radius 2 is 2.05 bits per heavy atom. The molecule has 1 aromatic carbocycles. The van der Waals surface area contributed by atoms with Crippen molar-refractivity contribution in [3.05, 3.63) is 40.8 Å². The number of nitrogens with zero attached hydrogens (tertiary/aromatic N) is 1. The van der Waals surface area contributed by atoms with E-state index in [2.05, 4.69) is 10.3 Å². The summed E-state index contributed by atoms with van der Waals surface area (Å²) in [6.45, 7) is 0.334. The van der Waals surface area contributed by atoms with Crippen LogP contribution in [-0.4, -0.2) is 19.2 Å². The van der Waals surface area contributed by atoms with Crippen LogP contribution in [0.3, 0.4) is 0 Å². The molecule has 2 rings (SSSR count). The lowest BCUT2D eigenvalue weighted by Crippen LogP contribution is -2.14. The van der Waals surface area contributed by atoms with Crippen molar-refractivity contribution in [3.8, 4) is 0 Å². The van der Waals surface area contributed by atoms with E-state index in [-0.39, 0.29) is 5.69 Å². The molecule has 0 amide bonds. The average Bonchev–Trinajstić information content (AvgIpc) is 2.89. The lowest BCUT2D eigenvalue weighted by atomic mass is 10.3. The first-order valence-electron chi connectivity index (χ1n) is 5.24. The Bertz CT molecular complexity index is 642. The van der Waals surface area contributed by atoms with Crippen molar-refractivity contribution in [1.82, 2.24) is 4.98 Å². The van der Waals surface area contributed by atoms with Crippen molar-refractivity contribution in [2.24, 2.45) is 0 Å². The minimum atomic E-state index is -4.61. The first kappa shape index (κ1) is 13.9. The zero-order chi connectivity index (χ0) is 13.9. The Labute approximate surface area is 113 Å². The van der Waals surface area contributed by atoms with Crippen LogP contribution < -0.4 is 5.32 Å². The van der Waals surface area contributed by atoms with E-state index in [9.17, 15) is 17.2 Å².